The Bertz CT molecular complexity index is 528. The van der Waals surface area contributed by atoms with E-state index in [0.717, 1.165) is 0 Å². The second-order valence-electron chi connectivity index (χ2n) is 3.18. The Hall–Kier alpha value is -1.89. The van der Waals surface area contributed by atoms with Crippen molar-refractivity contribution in [2.24, 2.45) is 0 Å². The lowest BCUT2D eigenvalue weighted by Crippen LogP contribution is -2.16. The molecule has 2 aromatic rings. The summed E-state index contributed by atoms with van der Waals surface area (Å²) >= 11 is 5.52. The maximum atomic E-state index is 11.9. The summed E-state index contributed by atoms with van der Waals surface area (Å²) in [7, 11) is 0. The van der Waals surface area contributed by atoms with Crippen molar-refractivity contribution in [1.29, 1.82) is 0 Å². The van der Waals surface area contributed by atoms with Crippen LogP contribution in [0.2, 0.25) is 5.15 Å². The van der Waals surface area contributed by atoms with Crippen LogP contribution >= 0.6 is 11.6 Å². The largest absolute Gasteiger partial charge is 0.573 e. The molecule has 0 fully saturated rings. The summed E-state index contributed by atoms with van der Waals surface area (Å²) in [5.74, 6) is -0.0499. The fourth-order valence-electron chi connectivity index (χ4n) is 1.20. The van der Waals surface area contributed by atoms with Gasteiger partial charge in [-0.1, -0.05) is 11.6 Å². The van der Waals surface area contributed by atoms with Crippen LogP contribution in [0.5, 0.6) is 5.75 Å². The fraction of sp³-hybridized carbons (Fsp3) is 0.100. The molecule has 94 valence electrons. The first-order valence-electron chi connectivity index (χ1n) is 4.65. The molecule has 1 heterocycles. The Labute approximate surface area is 104 Å². The van der Waals surface area contributed by atoms with Gasteiger partial charge in [-0.3, -0.25) is 0 Å². The zero-order chi connectivity index (χ0) is 13.2. The molecule has 1 aromatic carbocycles. The maximum absolute atomic E-state index is 11.9. The van der Waals surface area contributed by atoms with Crippen LogP contribution in [-0.4, -0.2) is 21.5 Å². The van der Waals surface area contributed by atoms with Gasteiger partial charge in [0.1, 0.15) is 5.75 Å². The molecular weight excluding hydrogens is 271 g/mol. The Morgan fingerprint density at radius 1 is 1.06 bits per heavy atom. The van der Waals surface area contributed by atoms with E-state index in [-0.39, 0.29) is 16.7 Å². The minimum absolute atomic E-state index is 0.135. The first-order valence-corrected chi connectivity index (χ1v) is 5.03. The molecule has 0 saturated heterocycles. The fourth-order valence-corrected chi connectivity index (χ4v) is 1.29. The van der Waals surface area contributed by atoms with Crippen molar-refractivity contribution in [2.45, 2.75) is 6.36 Å². The van der Waals surface area contributed by atoms with Gasteiger partial charge in [0.15, 0.2) is 11.0 Å². The van der Waals surface area contributed by atoms with Gasteiger partial charge in [-0.15, -0.1) is 23.4 Å². The van der Waals surface area contributed by atoms with Crippen molar-refractivity contribution in [2.75, 3.05) is 0 Å². The summed E-state index contributed by atoms with van der Waals surface area (Å²) in [5, 5.41) is 7.41. The van der Waals surface area contributed by atoms with Crippen LogP contribution in [0.3, 0.4) is 0 Å². The molecule has 0 radical (unpaired) electrons. The summed E-state index contributed by atoms with van der Waals surface area (Å²) in [6.45, 7) is 0. The number of nitrogens with zero attached hydrogens (tertiary/aromatic N) is 3. The van der Waals surface area contributed by atoms with Gasteiger partial charge in [0.2, 0.25) is 0 Å². The first-order chi connectivity index (χ1) is 8.44. The van der Waals surface area contributed by atoms with Gasteiger partial charge in [0.25, 0.3) is 0 Å². The quantitative estimate of drug-likeness (QED) is 0.845. The highest BCUT2D eigenvalue weighted by Crippen LogP contribution is 2.24. The van der Waals surface area contributed by atoms with E-state index in [2.05, 4.69) is 19.9 Å². The zero-order valence-electron chi connectivity index (χ0n) is 8.65. The van der Waals surface area contributed by atoms with E-state index in [1.165, 1.54) is 30.5 Å². The summed E-state index contributed by atoms with van der Waals surface area (Å²) in [5.41, 5.74) is 0.508. The van der Waals surface area contributed by atoms with E-state index in [1.54, 1.807) is 0 Å². The van der Waals surface area contributed by atoms with E-state index in [9.17, 15) is 13.2 Å². The van der Waals surface area contributed by atoms with Gasteiger partial charge in [-0.2, -0.15) is 0 Å². The molecule has 0 atom stereocenters. The van der Waals surface area contributed by atoms with Gasteiger partial charge in [0.05, 0.1) is 6.20 Å². The van der Waals surface area contributed by atoms with E-state index >= 15 is 0 Å². The normalized spacial score (nSPS) is 11.3. The van der Waals surface area contributed by atoms with Crippen molar-refractivity contribution >= 4 is 11.6 Å². The standard InChI is InChI=1S/C10H5ClF3N3O/c11-8-5-15-9(17-16-8)6-1-3-7(4-2-6)18-10(12,13)14/h1-5H. The van der Waals surface area contributed by atoms with Crippen molar-refractivity contribution in [3.05, 3.63) is 35.6 Å². The van der Waals surface area contributed by atoms with Crippen molar-refractivity contribution in [1.82, 2.24) is 15.2 Å². The Morgan fingerprint density at radius 2 is 1.72 bits per heavy atom. The highest BCUT2D eigenvalue weighted by atomic mass is 35.5. The molecule has 0 aliphatic rings. The Balaban J connectivity index is 2.20. The van der Waals surface area contributed by atoms with Crippen LogP contribution in [0.4, 0.5) is 13.2 Å². The predicted octanol–water partition coefficient (Wildman–Crippen LogP) is 3.09. The molecule has 0 saturated carbocycles. The summed E-state index contributed by atoms with van der Waals surface area (Å²) in [6.07, 6.45) is -3.41. The van der Waals surface area contributed by atoms with Gasteiger partial charge in [-0.25, -0.2) is 4.98 Å². The maximum Gasteiger partial charge on any atom is 0.573 e. The molecule has 0 spiro atoms. The average molecular weight is 276 g/mol. The van der Waals surface area contributed by atoms with E-state index in [0.29, 0.717) is 5.56 Å². The lowest BCUT2D eigenvalue weighted by atomic mass is 10.2. The third-order valence-electron chi connectivity index (χ3n) is 1.88. The molecule has 0 bridgehead atoms. The summed E-state index contributed by atoms with van der Waals surface area (Å²) < 4.78 is 39.5. The van der Waals surface area contributed by atoms with Gasteiger partial charge < -0.3 is 4.74 Å². The number of hydrogen-bond donors (Lipinski definition) is 0. The number of benzene rings is 1. The second-order valence-corrected chi connectivity index (χ2v) is 3.56. The second kappa shape index (κ2) is 4.77. The van der Waals surface area contributed by atoms with Gasteiger partial charge in [0, 0.05) is 5.56 Å². The molecule has 4 nitrogen and oxygen atoms in total. The Morgan fingerprint density at radius 3 is 2.22 bits per heavy atom. The highest BCUT2D eigenvalue weighted by Gasteiger charge is 2.30. The third kappa shape index (κ3) is 3.30. The SMILES string of the molecule is FC(F)(F)Oc1ccc(-c2ncc(Cl)nn2)cc1. The van der Waals surface area contributed by atoms with E-state index in [4.69, 9.17) is 11.6 Å². The number of ether oxygens (including phenoxy) is 1. The number of hydrogen-bond acceptors (Lipinski definition) is 4. The molecular formula is C10H5ClF3N3O. The first kappa shape index (κ1) is 12.6. The number of alkyl halides is 3. The molecule has 0 N–H and O–H groups in total. The van der Waals surface area contributed by atoms with E-state index < -0.39 is 6.36 Å². The van der Waals surface area contributed by atoms with E-state index in [1.807, 2.05) is 0 Å². The third-order valence-corrected chi connectivity index (χ3v) is 2.05. The number of halogens is 4. The predicted molar refractivity (Wildman–Crippen MR) is 57.0 cm³/mol. The summed E-state index contributed by atoms with van der Waals surface area (Å²) in [4.78, 5) is 3.88. The lowest BCUT2D eigenvalue weighted by molar-refractivity contribution is -0.274. The van der Waals surface area contributed by atoms with Gasteiger partial charge in [-0.05, 0) is 24.3 Å². The minimum Gasteiger partial charge on any atom is -0.406 e. The topological polar surface area (TPSA) is 47.9 Å². The Kier molecular flexibility index (Phi) is 3.33. The van der Waals surface area contributed by atoms with Crippen LogP contribution in [0.15, 0.2) is 30.5 Å². The monoisotopic (exact) mass is 275 g/mol. The zero-order valence-corrected chi connectivity index (χ0v) is 9.40. The van der Waals surface area contributed by atoms with Crippen molar-refractivity contribution in [3.8, 4) is 17.1 Å². The molecule has 0 unspecified atom stereocenters. The van der Waals surface area contributed by atoms with Crippen LogP contribution in [0.1, 0.15) is 0 Å². The molecule has 18 heavy (non-hydrogen) atoms. The number of aromatic nitrogens is 3. The van der Waals surface area contributed by atoms with Crippen molar-refractivity contribution in [3.63, 3.8) is 0 Å². The summed E-state index contributed by atoms with van der Waals surface area (Å²) in [6, 6.07) is 5.12. The molecule has 8 heteroatoms. The molecule has 1 aromatic heterocycles. The van der Waals surface area contributed by atoms with Crippen LogP contribution in [-0.2, 0) is 0 Å². The smallest absolute Gasteiger partial charge is 0.406 e. The molecule has 0 aliphatic carbocycles. The molecule has 0 aliphatic heterocycles. The average Bonchev–Trinajstić information content (AvgIpc) is 2.29. The minimum atomic E-state index is -4.71. The molecule has 0 amide bonds. The molecule has 2 rings (SSSR count). The highest BCUT2D eigenvalue weighted by molar-refractivity contribution is 6.29. The van der Waals surface area contributed by atoms with Crippen LogP contribution in [0.25, 0.3) is 11.4 Å². The lowest BCUT2D eigenvalue weighted by Gasteiger charge is -2.08. The van der Waals surface area contributed by atoms with Crippen LogP contribution < -0.4 is 4.74 Å². The van der Waals surface area contributed by atoms with Crippen molar-refractivity contribution < 1.29 is 17.9 Å². The van der Waals surface area contributed by atoms with Crippen LogP contribution in [0, 0.1) is 0 Å². The number of rotatable bonds is 2. The van der Waals surface area contributed by atoms with Gasteiger partial charge >= 0.3 is 6.36 Å².